The van der Waals surface area contributed by atoms with Gasteiger partial charge in [0.1, 0.15) is 11.3 Å². The molecule has 3 heterocycles. The van der Waals surface area contributed by atoms with Gasteiger partial charge in [-0.3, -0.25) is 4.79 Å². The number of aromatic nitrogens is 1. The van der Waals surface area contributed by atoms with Crippen molar-refractivity contribution < 1.29 is 27.8 Å². The molecule has 9 nitrogen and oxygen atoms in total. The molecular weight excluding hydrogens is 602 g/mol. The third-order valence-electron chi connectivity index (χ3n) is 10.7. The van der Waals surface area contributed by atoms with Crippen molar-refractivity contribution in [2.45, 2.75) is 68.6 Å². The first kappa shape index (κ1) is 31.3. The molecule has 0 radical (unpaired) electrons. The zero-order valence-electron chi connectivity index (χ0n) is 25.6. The second kappa shape index (κ2) is 11.9. The standard InChI is InChI=1S/C33H42ClN3O6S/c1-21-6-4-15-33(19-38,42-3)27-10-8-24(27)17-37-18-32(14-5-7-23-16-25(34)9-11-26(23)32)20-43-29-13-12-28(35-30(29)37)31(39)36-44(40,41)22(21)2/h4,9,11-13,15-16,21-22,24,27,38H,5-8,10,14,17-20H2,1-3H3,(H,36,39)/b15-4+/t21-,22+,24-,27+,32-,33+/m0/s1. The molecule has 1 aromatic carbocycles. The molecule has 2 aromatic rings. The number of allylic oxidation sites excluding steroid dienone is 1. The summed E-state index contributed by atoms with van der Waals surface area (Å²) in [6.45, 7) is 4.93. The van der Waals surface area contributed by atoms with E-state index in [1.807, 2.05) is 25.1 Å². The smallest absolute Gasteiger partial charge is 0.283 e. The van der Waals surface area contributed by atoms with Crippen LogP contribution in [-0.2, 0) is 26.6 Å². The molecule has 1 saturated carbocycles. The van der Waals surface area contributed by atoms with Gasteiger partial charge in [-0.25, -0.2) is 18.1 Å². The van der Waals surface area contributed by atoms with Gasteiger partial charge in [-0.1, -0.05) is 36.7 Å². The first-order valence-electron chi connectivity index (χ1n) is 15.6. The van der Waals surface area contributed by atoms with E-state index >= 15 is 0 Å². The number of ether oxygens (including phenoxy) is 2. The Morgan fingerprint density at radius 2 is 2.05 bits per heavy atom. The van der Waals surface area contributed by atoms with E-state index in [1.165, 1.54) is 17.2 Å². The molecule has 1 aromatic heterocycles. The average molecular weight is 644 g/mol. The van der Waals surface area contributed by atoms with E-state index in [2.05, 4.69) is 21.8 Å². The van der Waals surface area contributed by atoms with E-state index < -0.39 is 26.8 Å². The van der Waals surface area contributed by atoms with E-state index in [9.17, 15) is 18.3 Å². The van der Waals surface area contributed by atoms with Crippen LogP contribution in [0.2, 0.25) is 5.02 Å². The van der Waals surface area contributed by atoms with E-state index in [0.717, 1.165) is 32.1 Å². The number of aliphatic hydroxyl groups excluding tert-OH is 1. The summed E-state index contributed by atoms with van der Waals surface area (Å²) in [5.41, 5.74) is 1.24. The number of rotatable bonds is 2. The highest BCUT2D eigenvalue weighted by molar-refractivity contribution is 7.90. The number of carbonyl (C=O) groups excluding carboxylic acids is 1. The highest BCUT2D eigenvalue weighted by Gasteiger charge is 2.49. The number of amides is 1. The maximum absolute atomic E-state index is 13.3. The molecule has 2 aliphatic carbocycles. The number of pyridine rings is 1. The third-order valence-corrected chi connectivity index (χ3v) is 12.8. The fraction of sp³-hybridized carbons (Fsp3) is 0.576. The number of nitrogens with zero attached hydrogens (tertiary/aromatic N) is 2. The minimum absolute atomic E-state index is 0.0197. The number of methoxy groups -OCH3 is 1. The summed E-state index contributed by atoms with van der Waals surface area (Å²) in [5.74, 6) is 0.267. The lowest BCUT2D eigenvalue weighted by Gasteiger charge is -2.49. The van der Waals surface area contributed by atoms with Crippen LogP contribution in [0.15, 0.2) is 42.5 Å². The van der Waals surface area contributed by atoms with Crippen LogP contribution < -0.4 is 14.4 Å². The molecule has 11 heteroatoms. The van der Waals surface area contributed by atoms with Crippen molar-refractivity contribution in [2.24, 2.45) is 17.8 Å². The number of hydrogen-bond donors (Lipinski definition) is 2. The molecule has 1 spiro atoms. The normalized spacial score (nSPS) is 34.0. The Balaban J connectivity index is 1.46. The summed E-state index contributed by atoms with van der Waals surface area (Å²) in [7, 11) is -2.37. The molecule has 6 atom stereocenters. The van der Waals surface area contributed by atoms with Crippen molar-refractivity contribution >= 4 is 33.3 Å². The molecule has 238 valence electrons. The monoisotopic (exact) mass is 643 g/mol. The Bertz CT molecular complexity index is 1560. The lowest BCUT2D eigenvalue weighted by molar-refractivity contribution is -0.103. The van der Waals surface area contributed by atoms with Crippen molar-refractivity contribution in [2.75, 3.05) is 38.3 Å². The van der Waals surface area contributed by atoms with Gasteiger partial charge in [0.15, 0.2) is 11.6 Å². The predicted molar refractivity (Wildman–Crippen MR) is 170 cm³/mol. The number of fused-ring (bicyclic) bond motifs is 4. The Hall–Kier alpha value is -2.66. The van der Waals surface area contributed by atoms with Gasteiger partial charge in [0.05, 0.1) is 18.5 Å². The second-order valence-electron chi connectivity index (χ2n) is 13.2. The maximum atomic E-state index is 13.3. The highest BCUT2D eigenvalue weighted by atomic mass is 35.5. The number of carbonyl (C=O) groups is 1. The summed E-state index contributed by atoms with van der Waals surface area (Å²) < 4.78 is 41.3. The molecule has 2 bridgehead atoms. The van der Waals surface area contributed by atoms with Gasteiger partial charge in [0, 0.05) is 30.6 Å². The Morgan fingerprint density at radius 3 is 2.77 bits per heavy atom. The predicted octanol–water partition coefficient (Wildman–Crippen LogP) is 4.66. The maximum Gasteiger partial charge on any atom is 0.283 e. The lowest BCUT2D eigenvalue weighted by Crippen LogP contribution is -2.54. The number of benzene rings is 1. The van der Waals surface area contributed by atoms with Crippen molar-refractivity contribution in [1.82, 2.24) is 9.71 Å². The topological polar surface area (TPSA) is 118 Å². The highest BCUT2D eigenvalue weighted by Crippen LogP contribution is 2.48. The van der Waals surface area contributed by atoms with Gasteiger partial charge in [-0.15, -0.1) is 0 Å². The largest absolute Gasteiger partial charge is 0.489 e. The van der Waals surface area contributed by atoms with E-state index in [-0.39, 0.29) is 35.5 Å². The number of hydrogen-bond acceptors (Lipinski definition) is 8. The van der Waals surface area contributed by atoms with Crippen LogP contribution in [-0.4, -0.2) is 68.7 Å². The SMILES string of the molecule is CO[C@@]1(CO)/C=C/C[C@H](C)[C@@H](C)S(=O)(=O)NC(=O)c2ccc3c(n2)N(C[C@@H]2CC[C@H]21)C[C@@]1(CCCc2cc(Cl)ccc21)CO3. The molecule has 6 rings (SSSR count). The molecule has 44 heavy (non-hydrogen) atoms. The van der Waals surface area contributed by atoms with Crippen molar-refractivity contribution in [3.05, 3.63) is 64.3 Å². The molecule has 0 saturated heterocycles. The first-order valence-corrected chi connectivity index (χ1v) is 17.5. The minimum Gasteiger partial charge on any atom is -0.489 e. The van der Waals surface area contributed by atoms with E-state index in [4.69, 9.17) is 26.1 Å². The van der Waals surface area contributed by atoms with Gasteiger partial charge >= 0.3 is 0 Å². The molecular formula is C33H42ClN3O6S. The molecule has 0 unspecified atom stereocenters. The van der Waals surface area contributed by atoms with E-state index in [0.29, 0.717) is 42.7 Å². The van der Waals surface area contributed by atoms with Gasteiger partial charge in [-0.2, -0.15) is 0 Å². The van der Waals surface area contributed by atoms with Gasteiger partial charge in [0.25, 0.3) is 5.91 Å². The molecule has 4 aliphatic rings. The summed E-state index contributed by atoms with van der Waals surface area (Å²) in [4.78, 5) is 20.3. The van der Waals surface area contributed by atoms with Crippen LogP contribution in [0.5, 0.6) is 5.75 Å². The Labute approximate surface area is 265 Å². The number of anilines is 1. The van der Waals surface area contributed by atoms with Gasteiger partial charge in [-0.05, 0) is 98.6 Å². The summed E-state index contributed by atoms with van der Waals surface area (Å²) in [6, 6.07) is 9.36. The Morgan fingerprint density at radius 1 is 1.23 bits per heavy atom. The number of aliphatic hydroxyl groups is 1. The zero-order chi connectivity index (χ0) is 31.3. The van der Waals surface area contributed by atoms with Crippen molar-refractivity contribution in [3.63, 3.8) is 0 Å². The van der Waals surface area contributed by atoms with Crippen LogP contribution in [0, 0.1) is 17.8 Å². The zero-order valence-corrected chi connectivity index (χ0v) is 27.2. The fourth-order valence-corrected chi connectivity index (χ4v) is 9.12. The number of nitrogens with one attached hydrogen (secondary N) is 1. The van der Waals surface area contributed by atoms with Gasteiger partial charge < -0.3 is 19.5 Å². The average Bonchev–Trinajstić information content (AvgIpc) is 3.14. The Kier molecular flexibility index (Phi) is 8.49. The van der Waals surface area contributed by atoms with Crippen molar-refractivity contribution in [3.8, 4) is 5.75 Å². The first-order chi connectivity index (χ1) is 21.0. The van der Waals surface area contributed by atoms with Crippen molar-refractivity contribution in [1.29, 1.82) is 0 Å². The van der Waals surface area contributed by atoms with Crippen LogP contribution in [0.1, 0.15) is 67.6 Å². The minimum atomic E-state index is -3.99. The van der Waals surface area contributed by atoms with E-state index in [1.54, 1.807) is 20.1 Å². The number of sulfonamides is 1. The third kappa shape index (κ3) is 5.52. The lowest BCUT2D eigenvalue weighted by atomic mass is 9.64. The molecule has 2 aliphatic heterocycles. The van der Waals surface area contributed by atoms with Crippen LogP contribution >= 0.6 is 11.6 Å². The second-order valence-corrected chi connectivity index (χ2v) is 15.7. The fourth-order valence-electron chi connectivity index (χ4n) is 7.65. The molecule has 2 N–H and O–H groups in total. The van der Waals surface area contributed by atoms with Crippen LogP contribution in [0.25, 0.3) is 0 Å². The summed E-state index contributed by atoms with van der Waals surface area (Å²) in [5, 5.41) is 10.5. The quantitative estimate of drug-likeness (QED) is 0.454. The number of halogens is 1. The van der Waals surface area contributed by atoms with Gasteiger partial charge in [0.2, 0.25) is 10.0 Å². The van der Waals surface area contributed by atoms with Crippen LogP contribution in [0.4, 0.5) is 5.82 Å². The summed E-state index contributed by atoms with van der Waals surface area (Å²) >= 11 is 6.40. The summed E-state index contributed by atoms with van der Waals surface area (Å²) in [6.07, 6.45) is 9.00. The molecule has 1 amide bonds. The number of aryl methyl sites for hydroxylation is 1. The molecule has 1 fully saturated rings. The van der Waals surface area contributed by atoms with Crippen LogP contribution in [0.3, 0.4) is 0 Å².